The summed E-state index contributed by atoms with van der Waals surface area (Å²) in [7, 11) is 0. The lowest BCUT2D eigenvalue weighted by atomic mass is 9.93. The topological polar surface area (TPSA) is 62.3 Å². The van der Waals surface area contributed by atoms with Gasteiger partial charge in [0.25, 0.3) is 5.91 Å². The van der Waals surface area contributed by atoms with E-state index in [9.17, 15) is 9.59 Å². The standard InChI is InChI=1S/C22H29N3O4/c26-21(16-6-7-19-20(12-16)29-15-28-19)25-13-17(14-25)22(27)24-10-8-23(9-11-24)18-4-2-1-3-5-18/h6-7,12,17-18H,1-5,8-11,13-15H2. The van der Waals surface area contributed by atoms with Crippen LogP contribution in [0.2, 0.25) is 0 Å². The Morgan fingerprint density at radius 1 is 0.862 bits per heavy atom. The summed E-state index contributed by atoms with van der Waals surface area (Å²) in [5.41, 5.74) is 0.584. The number of hydrogen-bond acceptors (Lipinski definition) is 5. The highest BCUT2D eigenvalue weighted by Crippen LogP contribution is 2.33. The minimum absolute atomic E-state index is 0.0468. The molecule has 2 saturated heterocycles. The molecule has 29 heavy (non-hydrogen) atoms. The van der Waals surface area contributed by atoms with Crippen molar-refractivity contribution in [3.05, 3.63) is 23.8 Å². The molecule has 0 unspecified atom stereocenters. The highest BCUT2D eigenvalue weighted by Gasteiger charge is 2.39. The third-order valence-electron chi connectivity index (χ3n) is 6.85. The fourth-order valence-electron chi connectivity index (χ4n) is 5.02. The fourth-order valence-corrected chi connectivity index (χ4v) is 5.02. The van der Waals surface area contributed by atoms with Crippen LogP contribution >= 0.6 is 0 Å². The summed E-state index contributed by atoms with van der Waals surface area (Å²) in [6.07, 6.45) is 6.69. The number of hydrogen-bond donors (Lipinski definition) is 0. The van der Waals surface area contributed by atoms with Crippen LogP contribution < -0.4 is 9.47 Å². The molecule has 156 valence electrons. The Morgan fingerprint density at radius 3 is 2.34 bits per heavy atom. The molecule has 1 saturated carbocycles. The minimum Gasteiger partial charge on any atom is -0.454 e. The van der Waals surface area contributed by atoms with Crippen LogP contribution in [0, 0.1) is 5.92 Å². The molecule has 0 aromatic heterocycles. The molecule has 3 fully saturated rings. The van der Waals surface area contributed by atoms with Crippen molar-refractivity contribution in [2.45, 2.75) is 38.1 Å². The van der Waals surface area contributed by atoms with Crippen LogP contribution in [0.1, 0.15) is 42.5 Å². The molecule has 3 heterocycles. The van der Waals surface area contributed by atoms with Gasteiger partial charge in [-0.1, -0.05) is 19.3 Å². The lowest BCUT2D eigenvalue weighted by Gasteiger charge is -2.44. The van der Waals surface area contributed by atoms with E-state index in [1.165, 1.54) is 32.1 Å². The summed E-state index contributed by atoms with van der Waals surface area (Å²) in [4.78, 5) is 31.9. The molecule has 1 aromatic carbocycles. The molecule has 0 N–H and O–H groups in total. The van der Waals surface area contributed by atoms with E-state index in [4.69, 9.17) is 9.47 Å². The monoisotopic (exact) mass is 399 g/mol. The zero-order valence-corrected chi connectivity index (χ0v) is 16.8. The summed E-state index contributed by atoms with van der Waals surface area (Å²) in [5.74, 6) is 1.39. The summed E-state index contributed by atoms with van der Waals surface area (Å²) < 4.78 is 10.6. The molecular formula is C22H29N3O4. The molecule has 3 aliphatic heterocycles. The molecule has 7 nitrogen and oxygen atoms in total. The SMILES string of the molecule is O=C(c1ccc2c(c1)OCO2)N1CC(C(=O)N2CCN(C3CCCCC3)CC2)C1. The van der Waals surface area contributed by atoms with E-state index in [0.29, 0.717) is 30.2 Å². The Balaban J connectivity index is 1.10. The van der Waals surface area contributed by atoms with E-state index in [1.807, 2.05) is 4.90 Å². The molecule has 1 aromatic rings. The van der Waals surface area contributed by atoms with E-state index in [0.717, 1.165) is 32.2 Å². The predicted molar refractivity (Wildman–Crippen MR) is 107 cm³/mol. The van der Waals surface area contributed by atoms with Crippen LogP contribution in [0.4, 0.5) is 0 Å². The molecule has 1 aliphatic carbocycles. The van der Waals surface area contributed by atoms with Crippen LogP contribution in [0.25, 0.3) is 0 Å². The number of likely N-dealkylation sites (tertiary alicyclic amines) is 1. The highest BCUT2D eigenvalue weighted by atomic mass is 16.7. The first-order valence-electron chi connectivity index (χ1n) is 10.9. The van der Waals surface area contributed by atoms with Gasteiger partial charge in [0.05, 0.1) is 5.92 Å². The van der Waals surface area contributed by atoms with Crippen LogP contribution in [0.15, 0.2) is 18.2 Å². The molecule has 7 heteroatoms. The maximum Gasteiger partial charge on any atom is 0.254 e. The van der Waals surface area contributed by atoms with E-state index in [1.54, 1.807) is 23.1 Å². The minimum atomic E-state index is -0.0609. The lowest BCUT2D eigenvalue weighted by Crippen LogP contribution is -2.59. The van der Waals surface area contributed by atoms with Crippen LogP contribution in [-0.4, -0.2) is 78.6 Å². The number of fused-ring (bicyclic) bond motifs is 1. The molecule has 0 atom stereocenters. The van der Waals surface area contributed by atoms with Gasteiger partial charge in [0.1, 0.15) is 0 Å². The van der Waals surface area contributed by atoms with Crippen molar-refractivity contribution in [2.24, 2.45) is 5.92 Å². The number of carbonyl (C=O) groups is 2. The van der Waals surface area contributed by atoms with Gasteiger partial charge < -0.3 is 19.3 Å². The van der Waals surface area contributed by atoms with E-state index < -0.39 is 0 Å². The van der Waals surface area contributed by atoms with Crippen molar-refractivity contribution >= 4 is 11.8 Å². The zero-order valence-electron chi connectivity index (χ0n) is 16.8. The van der Waals surface area contributed by atoms with Crippen molar-refractivity contribution in [1.29, 1.82) is 0 Å². The third kappa shape index (κ3) is 3.68. The molecule has 0 spiro atoms. The van der Waals surface area contributed by atoms with Crippen molar-refractivity contribution in [1.82, 2.24) is 14.7 Å². The summed E-state index contributed by atoms with van der Waals surface area (Å²) >= 11 is 0. The smallest absolute Gasteiger partial charge is 0.254 e. The largest absolute Gasteiger partial charge is 0.454 e. The normalized spacial score (nSPS) is 23.2. The Hall–Kier alpha value is -2.28. The average Bonchev–Trinajstić information content (AvgIpc) is 3.21. The molecular weight excluding hydrogens is 370 g/mol. The molecule has 0 bridgehead atoms. The van der Waals surface area contributed by atoms with Crippen molar-refractivity contribution in [3.8, 4) is 11.5 Å². The zero-order chi connectivity index (χ0) is 19.8. The summed E-state index contributed by atoms with van der Waals surface area (Å²) in [6, 6.07) is 5.98. The van der Waals surface area contributed by atoms with Crippen molar-refractivity contribution < 1.29 is 19.1 Å². The third-order valence-corrected chi connectivity index (χ3v) is 6.85. The molecule has 4 aliphatic rings. The fraction of sp³-hybridized carbons (Fsp3) is 0.636. The number of piperazine rings is 1. The summed E-state index contributed by atoms with van der Waals surface area (Å²) in [6.45, 7) is 4.83. The van der Waals surface area contributed by atoms with Gasteiger partial charge in [-0.2, -0.15) is 0 Å². The highest BCUT2D eigenvalue weighted by molar-refractivity contribution is 5.96. The van der Waals surface area contributed by atoms with Gasteiger partial charge in [-0.25, -0.2) is 0 Å². The van der Waals surface area contributed by atoms with Gasteiger partial charge in [-0.3, -0.25) is 14.5 Å². The quantitative estimate of drug-likeness (QED) is 0.778. The average molecular weight is 399 g/mol. The van der Waals surface area contributed by atoms with Crippen LogP contribution in [0.5, 0.6) is 11.5 Å². The molecule has 2 amide bonds. The Bertz CT molecular complexity index is 778. The number of carbonyl (C=O) groups excluding carboxylic acids is 2. The van der Waals surface area contributed by atoms with E-state index in [-0.39, 0.29) is 24.5 Å². The van der Waals surface area contributed by atoms with Gasteiger partial charge in [0.2, 0.25) is 12.7 Å². The number of rotatable bonds is 3. The van der Waals surface area contributed by atoms with Crippen LogP contribution in [-0.2, 0) is 4.79 Å². The van der Waals surface area contributed by atoms with Gasteiger partial charge in [0, 0.05) is 50.9 Å². The maximum atomic E-state index is 12.9. The Labute approximate surface area is 171 Å². The predicted octanol–water partition coefficient (Wildman–Crippen LogP) is 1.96. The number of benzene rings is 1. The van der Waals surface area contributed by atoms with E-state index in [2.05, 4.69) is 4.90 Å². The number of ether oxygens (including phenoxy) is 2. The molecule has 0 radical (unpaired) electrons. The van der Waals surface area contributed by atoms with E-state index >= 15 is 0 Å². The van der Waals surface area contributed by atoms with Crippen LogP contribution in [0.3, 0.4) is 0 Å². The van der Waals surface area contributed by atoms with Gasteiger partial charge >= 0.3 is 0 Å². The lowest BCUT2D eigenvalue weighted by molar-refractivity contribution is -0.142. The van der Waals surface area contributed by atoms with Crippen molar-refractivity contribution in [2.75, 3.05) is 46.1 Å². The first-order chi connectivity index (χ1) is 14.2. The van der Waals surface area contributed by atoms with Gasteiger partial charge in [0.15, 0.2) is 11.5 Å². The Kier molecular flexibility index (Phi) is 5.08. The second-order valence-corrected chi connectivity index (χ2v) is 8.63. The second kappa shape index (κ2) is 7.86. The summed E-state index contributed by atoms with van der Waals surface area (Å²) in [5, 5.41) is 0. The maximum absolute atomic E-state index is 12.9. The number of nitrogens with zero attached hydrogens (tertiary/aromatic N) is 3. The second-order valence-electron chi connectivity index (χ2n) is 8.63. The molecule has 5 rings (SSSR count). The van der Waals surface area contributed by atoms with Gasteiger partial charge in [-0.05, 0) is 31.0 Å². The van der Waals surface area contributed by atoms with Crippen molar-refractivity contribution in [3.63, 3.8) is 0 Å². The first-order valence-corrected chi connectivity index (χ1v) is 10.9. The van der Waals surface area contributed by atoms with Gasteiger partial charge in [-0.15, -0.1) is 0 Å². The number of amides is 2. The Morgan fingerprint density at radius 2 is 1.59 bits per heavy atom. The first kappa shape index (κ1) is 18.7.